The number of hydrogen-bond donors (Lipinski definition) is 0. The van der Waals surface area contributed by atoms with Gasteiger partial charge in [0.25, 0.3) is 0 Å². The summed E-state index contributed by atoms with van der Waals surface area (Å²) in [5.41, 5.74) is 0.888. The zero-order valence-electron chi connectivity index (χ0n) is 10.3. The maximum Gasteiger partial charge on any atom is 0.214 e. The van der Waals surface area contributed by atoms with E-state index in [2.05, 4.69) is 0 Å². The van der Waals surface area contributed by atoms with Crippen molar-refractivity contribution in [2.24, 2.45) is 0 Å². The fourth-order valence-electron chi connectivity index (χ4n) is 1.61. The second-order valence-electron chi connectivity index (χ2n) is 3.91. The van der Waals surface area contributed by atoms with Crippen LogP contribution in [0.4, 0.5) is 0 Å². The summed E-state index contributed by atoms with van der Waals surface area (Å²) in [6.07, 6.45) is 0.468. The van der Waals surface area contributed by atoms with Crippen LogP contribution in [0.1, 0.15) is 18.9 Å². The molecule has 6 heteroatoms. The number of alkyl halides is 1. The molecule has 0 radical (unpaired) electrons. The molecule has 0 unspecified atom stereocenters. The van der Waals surface area contributed by atoms with Crippen molar-refractivity contribution >= 4 is 33.2 Å². The lowest BCUT2D eigenvalue weighted by atomic mass is 10.2. The second-order valence-corrected chi connectivity index (χ2v) is 6.82. The van der Waals surface area contributed by atoms with E-state index in [-0.39, 0.29) is 5.75 Å². The summed E-state index contributed by atoms with van der Waals surface area (Å²) in [6, 6.07) is 7.23. The van der Waals surface area contributed by atoms with Gasteiger partial charge in [-0.25, -0.2) is 8.42 Å². The molecule has 1 aromatic carbocycles. The van der Waals surface area contributed by atoms with Crippen LogP contribution in [-0.2, 0) is 16.6 Å². The summed E-state index contributed by atoms with van der Waals surface area (Å²) >= 11 is 11.4. The van der Waals surface area contributed by atoms with Crippen LogP contribution >= 0.6 is 23.2 Å². The lowest BCUT2D eigenvalue weighted by molar-refractivity contribution is 0.423. The maximum absolute atomic E-state index is 12.0. The summed E-state index contributed by atoms with van der Waals surface area (Å²) in [5.74, 6) is 0.443. The lowest BCUT2D eigenvalue weighted by Gasteiger charge is -2.20. The van der Waals surface area contributed by atoms with Gasteiger partial charge < -0.3 is 0 Å². The van der Waals surface area contributed by atoms with Gasteiger partial charge in [0, 0.05) is 24.0 Å². The Morgan fingerprint density at radius 2 is 2.06 bits per heavy atom. The number of rotatable bonds is 7. The van der Waals surface area contributed by atoms with Crippen molar-refractivity contribution in [1.82, 2.24) is 4.31 Å². The molecule has 0 aliphatic carbocycles. The van der Waals surface area contributed by atoms with Crippen molar-refractivity contribution < 1.29 is 8.42 Å². The van der Waals surface area contributed by atoms with Crippen LogP contribution in [0.5, 0.6) is 0 Å². The fourth-order valence-corrected chi connectivity index (χ4v) is 3.62. The molecule has 0 bridgehead atoms. The zero-order valence-corrected chi connectivity index (χ0v) is 12.6. The van der Waals surface area contributed by atoms with Crippen molar-refractivity contribution in [1.29, 1.82) is 0 Å². The predicted molar refractivity (Wildman–Crippen MR) is 76.7 cm³/mol. The first kappa shape index (κ1) is 15.8. The summed E-state index contributed by atoms with van der Waals surface area (Å²) in [7, 11) is -3.24. The average Bonchev–Trinajstić information content (AvgIpc) is 2.33. The van der Waals surface area contributed by atoms with E-state index < -0.39 is 10.0 Å². The monoisotopic (exact) mass is 309 g/mol. The molecular formula is C12H17Cl2NO2S. The van der Waals surface area contributed by atoms with E-state index in [1.165, 1.54) is 4.31 Å². The van der Waals surface area contributed by atoms with Crippen LogP contribution in [0.3, 0.4) is 0 Å². The van der Waals surface area contributed by atoms with Crippen molar-refractivity contribution in [3.8, 4) is 0 Å². The third kappa shape index (κ3) is 4.76. The van der Waals surface area contributed by atoms with Gasteiger partial charge in [-0.3, -0.25) is 0 Å². The van der Waals surface area contributed by atoms with Crippen molar-refractivity contribution in [2.75, 3.05) is 18.2 Å². The van der Waals surface area contributed by atoms with E-state index in [9.17, 15) is 8.42 Å². The van der Waals surface area contributed by atoms with Crippen molar-refractivity contribution in [2.45, 2.75) is 19.9 Å². The molecule has 0 fully saturated rings. The molecule has 102 valence electrons. The Bertz CT molecular complexity index is 477. The van der Waals surface area contributed by atoms with Gasteiger partial charge in [-0.1, -0.05) is 30.7 Å². The Labute approximate surface area is 119 Å². The molecule has 0 saturated carbocycles. The number of halogens is 2. The highest BCUT2D eigenvalue weighted by atomic mass is 35.5. The largest absolute Gasteiger partial charge is 0.214 e. The molecule has 1 aromatic rings. The second kappa shape index (κ2) is 7.34. The molecule has 0 aliphatic heterocycles. The van der Waals surface area contributed by atoms with Gasteiger partial charge in [0.05, 0.1) is 5.75 Å². The van der Waals surface area contributed by atoms with Crippen LogP contribution < -0.4 is 0 Å². The third-order valence-electron chi connectivity index (χ3n) is 2.53. The van der Waals surface area contributed by atoms with E-state index in [1.807, 2.05) is 19.1 Å². The number of sulfonamides is 1. The van der Waals surface area contributed by atoms with Crippen LogP contribution in [0.2, 0.25) is 5.02 Å². The minimum absolute atomic E-state index is 0.0882. The van der Waals surface area contributed by atoms with Gasteiger partial charge in [-0.05, 0) is 24.1 Å². The Morgan fingerprint density at radius 1 is 1.33 bits per heavy atom. The Morgan fingerprint density at radius 3 is 2.61 bits per heavy atom. The molecule has 0 heterocycles. The van der Waals surface area contributed by atoms with Gasteiger partial charge >= 0.3 is 0 Å². The van der Waals surface area contributed by atoms with E-state index in [0.717, 1.165) is 5.56 Å². The Balaban J connectivity index is 2.78. The lowest BCUT2D eigenvalue weighted by Crippen LogP contribution is -2.32. The molecule has 0 N–H and O–H groups in total. The van der Waals surface area contributed by atoms with Crippen molar-refractivity contribution in [3.63, 3.8) is 0 Å². The molecule has 0 amide bonds. The average molecular weight is 310 g/mol. The highest BCUT2D eigenvalue weighted by molar-refractivity contribution is 7.89. The molecular weight excluding hydrogens is 293 g/mol. The van der Waals surface area contributed by atoms with E-state index in [1.54, 1.807) is 12.1 Å². The molecule has 0 aliphatic rings. The first-order valence-corrected chi connectivity index (χ1v) is 8.30. The highest BCUT2D eigenvalue weighted by Gasteiger charge is 2.19. The smallest absolute Gasteiger partial charge is 0.212 e. The topological polar surface area (TPSA) is 37.4 Å². The van der Waals surface area contributed by atoms with Crippen LogP contribution in [0, 0.1) is 0 Å². The van der Waals surface area contributed by atoms with Gasteiger partial charge in [0.15, 0.2) is 0 Å². The van der Waals surface area contributed by atoms with Gasteiger partial charge in [-0.2, -0.15) is 4.31 Å². The molecule has 1 rings (SSSR count). The number of benzene rings is 1. The predicted octanol–water partition coefficient (Wildman–Crippen LogP) is 3.12. The minimum Gasteiger partial charge on any atom is -0.212 e. The normalized spacial score (nSPS) is 12.0. The molecule has 0 saturated heterocycles. The zero-order chi connectivity index (χ0) is 13.6. The third-order valence-corrected chi connectivity index (χ3v) is 5.01. The quantitative estimate of drug-likeness (QED) is 0.726. The maximum atomic E-state index is 12.0. The van der Waals surface area contributed by atoms with Gasteiger partial charge in [0.2, 0.25) is 10.0 Å². The van der Waals surface area contributed by atoms with E-state index in [4.69, 9.17) is 23.2 Å². The van der Waals surface area contributed by atoms with Crippen molar-refractivity contribution in [3.05, 3.63) is 34.9 Å². The first-order valence-electron chi connectivity index (χ1n) is 5.78. The molecule has 0 atom stereocenters. The molecule has 3 nitrogen and oxygen atoms in total. The van der Waals surface area contributed by atoms with Gasteiger partial charge in [0.1, 0.15) is 0 Å². The van der Waals surface area contributed by atoms with Gasteiger partial charge in [-0.15, -0.1) is 11.6 Å². The minimum atomic E-state index is -3.24. The first-order chi connectivity index (χ1) is 8.49. The van der Waals surface area contributed by atoms with E-state index >= 15 is 0 Å². The molecule has 0 spiro atoms. The summed E-state index contributed by atoms with van der Waals surface area (Å²) in [4.78, 5) is 0. The Hall–Kier alpha value is -0.290. The number of nitrogens with zero attached hydrogens (tertiary/aromatic N) is 1. The summed E-state index contributed by atoms with van der Waals surface area (Å²) in [5, 5.41) is 0.613. The fraction of sp³-hybridized carbons (Fsp3) is 0.500. The highest BCUT2D eigenvalue weighted by Crippen LogP contribution is 2.15. The SMILES string of the molecule is CCN(Cc1cccc(Cl)c1)S(=O)(=O)CCCCl. The number of hydrogen-bond acceptors (Lipinski definition) is 2. The van der Waals surface area contributed by atoms with E-state index in [0.29, 0.717) is 30.4 Å². The molecule has 0 aromatic heterocycles. The Kier molecular flexibility index (Phi) is 6.43. The van der Waals surface area contributed by atoms with Crippen LogP contribution in [0.25, 0.3) is 0 Å². The van der Waals surface area contributed by atoms with Crippen LogP contribution in [-0.4, -0.2) is 30.9 Å². The standard InChI is InChI=1S/C12H17Cl2NO2S/c1-2-15(18(16,17)8-4-7-13)10-11-5-3-6-12(14)9-11/h3,5-6,9H,2,4,7-8,10H2,1H3. The van der Waals surface area contributed by atoms with Crippen LogP contribution in [0.15, 0.2) is 24.3 Å². The summed E-state index contributed by atoms with van der Waals surface area (Å²) in [6.45, 7) is 2.61. The summed E-state index contributed by atoms with van der Waals surface area (Å²) < 4.78 is 25.5. The molecule has 18 heavy (non-hydrogen) atoms.